The number of ether oxygens (including phenoxy) is 2. The van der Waals surface area contributed by atoms with E-state index < -0.39 is 5.54 Å². The van der Waals surface area contributed by atoms with E-state index in [1.165, 1.54) is 6.42 Å². The smallest absolute Gasteiger partial charge is 0.237 e. The normalized spacial score (nSPS) is 27.9. The van der Waals surface area contributed by atoms with Gasteiger partial charge in [-0.25, -0.2) is 9.97 Å². The second-order valence-electron chi connectivity index (χ2n) is 11.4. The molecule has 2 saturated heterocycles. The van der Waals surface area contributed by atoms with Crippen LogP contribution in [0.5, 0.6) is 5.75 Å². The number of nitrogens with two attached hydrogens (primary N) is 2. The number of anilines is 1. The van der Waals surface area contributed by atoms with Gasteiger partial charge in [0.15, 0.2) is 0 Å². The van der Waals surface area contributed by atoms with Crippen molar-refractivity contribution in [3.63, 3.8) is 0 Å². The van der Waals surface area contributed by atoms with E-state index in [2.05, 4.69) is 37.8 Å². The Balaban J connectivity index is 1.20. The van der Waals surface area contributed by atoms with E-state index in [0.29, 0.717) is 24.4 Å². The predicted molar refractivity (Wildman–Crippen MR) is 147 cm³/mol. The van der Waals surface area contributed by atoms with Crippen LogP contribution in [0.15, 0.2) is 36.8 Å². The maximum atomic E-state index is 12.1. The van der Waals surface area contributed by atoms with Crippen LogP contribution in [-0.4, -0.2) is 63.3 Å². The van der Waals surface area contributed by atoms with E-state index in [9.17, 15) is 4.79 Å². The van der Waals surface area contributed by atoms with Crippen molar-refractivity contribution in [2.75, 3.05) is 32.0 Å². The summed E-state index contributed by atoms with van der Waals surface area (Å²) in [5, 5.41) is 0.879. The zero-order chi connectivity index (χ0) is 26.3. The fraction of sp³-hybridized carbons (Fsp3) is 0.552. The van der Waals surface area contributed by atoms with Crippen LogP contribution in [0.4, 0.5) is 5.82 Å². The van der Waals surface area contributed by atoms with Gasteiger partial charge in [0.25, 0.3) is 0 Å². The summed E-state index contributed by atoms with van der Waals surface area (Å²) in [6, 6.07) is 8.48. The second-order valence-corrected chi connectivity index (χ2v) is 11.4. The molecule has 1 saturated carbocycles. The van der Waals surface area contributed by atoms with Gasteiger partial charge in [0.05, 0.1) is 17.0 Å². The van der Waals surface area contributed by atoms with Gasteiger partial charge in [0.2, 0.25) is 5.91 Å². The molecule has 4 heterocycles. The van der Waals surface area contributed by atoms with Crippen LogP contribution in [0.2, 0.25) is 0 Å². The highest BCUT2D eigenvalue weighted by Crippen LogP contribution is 2.44. The van der Waals surface area contributed by atoms with Gasteiger partial charge in [-0.05, 0) is 82.0 Å². The fourth-order valence-corrected chi connectivity index (χ4v) is 6.47. The highest BCUT2D eigenvalue weighted by Gasteiger charge is 2.44. The Morgan fingerprint density at radius 3 is 2.89 bits per heavy atom. The molecule has 2 atom stereocenters. The number of rotatable bonds is 8. The van der Waals surface area contributed by atoms with Crippen molar-refractivity contribution >= 4 is 22.8 Å². The molecule has 1 amide bonds. The summed E-state index contributed by atoms with van der Waals surface area (Å²) >= 11 is 0. The highest BCUT2D eigenvalue weighted by atomic mass is 16.5. The Morgan fingerprint density at radius 2 is 2.11 bits per heavy atom. The van der Waals surface area contributed by atoms with Crippen LogP contribution in [-0.2, 0) is 9.53 Å². The molecule has 0 spiro atoms. The van der Waals surface area contributed by atoms with Gasteiger partial charge in [-0.15, -0.1) is 0 Å². The van der Waals surface area contributed by atoms with Gasteiger partial charge in [-0.1, -0.05) is 12.1 Å². The lowest BCUT2D eigenvalue weighted by Crippen LogP contribution is -2.53. The Hall–Kier alpha value is -3.17. The monoisotopic (exact) mass is 518 g/mol. The predicted octanol–water partition coefficient (Wildman–Crippen LogP) is 3.92. The molecular formula is C29H38N6O3. The number of amides is 1. The zero-order valence-corrected chi connectivity index (χ0v) is 22.1. The molecule has 9 heteroatoms. The van der Waals surface area contributed by atoms with Gasteiger partial charge < -0.3 is 25.5 Å². The summed E-state index contributed by atoms with van der Waals surface area (Å²) in [7, 11) is 0. The van der Waals surface area contributed by atoms with E-state index in [1.54, 1.807) is 6.33 Å². The summed E-state index contributed by atoms with van der Waals surface area (Å²) < 4.78 is 14.2. The second kappa shape index (κ2) is 10.2. The van der Waals surface area contributed by atoms with Gasteiger partial charge in [-0.3, -0.25) is 9.69 Å². The number of carbonyl (C=O) groups excluding carboxylic acids is 1. The first-order valence-electron chi connectivity index (χ1n) is 13.9. The zero-order valence-electron chi connectivity index (χ0n) is 22.1. The van der Waals surface area contributed by atoms with Crippen LogP contribution in [0.25, 0.3) is 22.2 Å². The summed E-state index contributed by atoms with van der Waals surface area (Å²) in [5.41, 5.74) is 14.5. The summed E-state index contributed by atoms with van der Waals surface area (Å²) in [5.74, 6) is 1.61. The summed E-state index contributed by atoms with van der Waals surface area (Å²) in [4.78, 5) is 23.3. The maximum Gasteiger partial charge on any atom is 0.237 e. The molecular weight excluding hydrogens is 480 g/mol. The molecule has 4 N–H and O–H groups in total. The number of fused-ring (bicyclic) bond motifs is 1. The van der Waals surface area contributed by atoms with Crippen LogP contribution in [0.3, 0.4) is 0 Å². The number of primary amides is 1. The highest BCUT2D eigenvalue weighted by molar-refractivity contribution is 6.00. The van der Waals surface area contributed by atoms with Crippen molar-refractivity contribution < 1.29 is 14.3 Å². The molecule has 1 unspecified atom stereocenters. The average Bonchev–Trinajstić information content (AvgIpc) is 3.48. The molecule has 3 fully saturated rings. The molecule has 3 aromatic rings. The number of aromatic nitrogens is 3. The van der Waals surface area contributed by atoms with Crippen molar-refractivity contribution in [2.45, 2.75) is 69.6 Å². The molecule has 9 nitrogen and oxygen atoms in total. The van der Waals surface area contributed by atoms with E-state index in [0.717, 1.165) is 86.1 Å². The van der Waals surface area contributed by atoms with Crippen molar-refractivity contribution in [1.82, 2.24) is 19.4 Å². The van der Waals surface area contributed by atoms with E-state index >= 15 is 0 Å². The number of nitrogen functional groups attached to an aromatic ring is 1. The first-order valence-corrected chi connectivity index (χ1v) is 13.9. The molecule has 1 aliphatic carbocycles. The van der Waals surface area contributed by atoms with Crippen LogP contribution < -0.4 is 16.2 Å². The number of hydrogen-bond donors (Lipinski definition) is 2. The largest absolute Gasteiger partial charge is 0.491 e. The van der Waals surface area contributed by atoms with E-state index in [4.69, 9.17) is 20.9 Å². The van der Waals surface area contributed by atoms with Gasteiger partial charge in [0.1, 0.15) is 30.1 Å². The van der Waals surface area contributed by atoms with Crippen molar-refractivity contribution in [3.05, 3.63) is 36.8 Å². The fourth-order valence-electron chi connectivity index (χ4n) is 6.47. The standard InChI is InChI=1S/C29H38N6O3/c1-29(28(31)36)9-5-10-34(29)15-19-12-21(13-19)35-16-24(25-26(30)32-18-33-27(25)35)20-6-4-8-22(14-20)38-17-23-7-2-3-11-37-23/h4,6,8,14,16,18-19,21,23H,2-3,5,7,9-13,15,17H2,1H3,(H2,31,36)(H2,30,32,33)/t19?,21?,23?,29-/m0/s1. The van der Waals surface area contributed by atoms with E-state index in [1.807, 2.05) is 19.1 Å². The number of benzene rings is 1. The SMILES string of the molecule is C[C@@]1(C(N)=O)CCCN1CC1CC(n2cc(-c3cccc(OCC4CCCCO4)c3)c3c(N)ncnc32)C1. The van der Waals surface area contributed by atoms with Crippen LogP contribution >= 0.6 is 0 Å². The minimum Gasteiger partial charge on any atom is -0.491 e. The van der Waals surface area contributed by atoms with Gasteiger partial charge >= 0.3 is 0 Å². The third-order valence-corrected chi connectivity index (χ3v) is 8.90. The molecule has 38 heavy (non-hydrogen) atoms. The number of likely N-dealkylation sites (tertiary alicyclic amines) is 1. The minimum atomic E-state index is -0.518. The Morgan fingerprint density at radius 1 is 1.24 bits per heavy atom. The molecule has 202 valence electrons. The molecule has 1 aromatic carbocycles. The summed E-state index contributed by atoms with van der Waals surface area (Å²) in [6.07, 6.45) is 11.2. The number of nitrogens with zero attached hydrogens (tertiary/aromatic N) is 4. The van der Waals surface area contributed by atoms with Crippen molar-refractivity contribution in [3.8, 4) is 16.9 Å². The van der Waals surface area contributed by atoms with Crippen LogP contribution in [0, 0.1) is 5.92 Å². The molecule has 3 aliphatic rings. The Bertz CT molecular complexity index is 1310. The molecule has 2 aromatic heterocycles. The third kappa shape index (κ3) is 4.62. The number of hydrogen-bond acceptors (Lipinski definition) is 7. The molecule has 2 aliphatic heterocycles. The molecule has 6 rings (SSSR count). The molecule has 0 radical (unpaired) electrons. The van der Waals surface area contributed by atoms with Crippen molar-refractivity contribution in [1.29, 1.82) is 0 Å². The van der Waals surface area contributed by atoms with E-state index in [-0.39, 0.29) is 12.0 Å². The topological polar surface area (TPSA) is 122 Å². The summed E-state index contributed by atoms with van der Waals surface area (Å²) in [6.45, 7) is 5.21. The third-order valence-electron chi connectivity index (χ3n) is 8.90. The first-order chi connectivity index (χ1) is 18.4. The van der Waals surface area contributed by atoms with Gasteiger partial charge in [0, 0.05) is 31.0 Å². The Kier molecular flexibility index (Phi) is 6.74. The quantitative estimate of drug-likeness (QED) is 0.463. The number of carbonyl (C=O) groups is 1. The average molecular weight is 519 g/mol. The van der Waals surface area contributed by atoms with Crippen molar-refractivity contribution in [2.24, 2.45) is 11.7 Å². The minimum absolute atomic E-state index is 0.159. The first kappa shape index (κ1) is 25.1. The lowest BCUT2D eigenvalue weighted by molar-refractivity contribution is -0.128. The lowest BCUT2D eigenvalue weighted by Gasteiger charge is -2.42. The Labute approximate surface area is 223 Å². The molecule has 0 bridgehead atoms. The maximum absolute atomic E-state index is 12.1. The lowest BCUT2D eigenvalue weighted by atomic mass is 9.79. The van der Waals surface area contributed by atoms with Crippen LogP contribution in [0.1, 0.15) is 57.9 Å². The van der Waals surface area contributed by atoms with Gasteiger partial charge in [-0.2, -0.15) is 0 Å².